The maximum absolute atomic E-state index is 10.4. The van der Waals surface area contributed by atoms with E-state index < -0.39 is 0 Å². The van der Waals surface area contributed by atoms with Crippen LogP contribution in [0.25, 0.3) is 0 Å². The first-order chi connectivity index (χ1) is 9.45. The van der Waals surface area contributed by atoms with Crippen LogP contribution >= 0.6 is 0 Å². The highest BCUT2D eigenvalue weighted by atomic mass is 16.5. The Balaban J connectivity index is 0.000000361. The third-order valence-electron chi connectivity index (χ3n) is 2.00. The van der Waals surface area contributed by atoms with E-state index in [1.165, 1.54) is 13.8 Å². The fourth-order valence-electron chi connectivity index (χ4n) is 1.28. The molecule has 0 heterocycles. The monoisotopic (exact) mass is 278 g/mol. The highest BCUT2D eigenvalue weighted by Crippen LogP contribution is 2.07. The van der Waals surface area contributed by atoms with E-state index in [1.54, 1.807) is 12.1 Å². The zero-order chi connectivity index (χ0) is 15.4. The van der Waals surface area contributed by atoms with Gasteiger partial charge in [-0.05, 0) is 31.6 Å². The largest absolute Gasteiger partial charge is 0.459 e. The molecule has 0 bridgehead atoms. The van der Waals surface area contributed by atoms with Crippen LogP contribution in [-0.4, -0.2) is 18.0 Å². The zero-order valence-corrected chi connectivity index (χ0v) is 12.5. The van der Waals surface area contributed by atoms with Crippen molar-refractivity contribution >= 4 is 11.9 Å². The lowest BCUT2D eigenvalue weighted by molar-refractivity contribution is -0.143. The van der Waals surface area contributed by atoms with Crippen LogP contribution < -0.4 is 4.74 Å². The van der Waals surface area contributed by atoms with E-state index in [0.717, 1.165) is 6.42 Å². The summed E-state index contributed by atoms with van der Waals surface area (Å²) in [6.45, 7) is 6.67. The summed E-state index contributed by atoms with van der Waals surface area (Å²) in [7, 11) is 0. The van der Waals surface area contributed by atoms with Gasteiger partial charge < -0.3 is 9.47 Å². The van der Waals surface area contributed by atoms with Crippen LogP contribution in [0.5, 0.6) is 5.75 Å². The SMILES string of the molecule is CC(=O)Oc1ccccc1.CCC=CC(C)OC(C)=O. The number of benzene rings is 1. The Morgan fingerprint density at radius 1 is 1.15 bits per heavy atom. The number of ether oxygens (including phenoxy) is 2. The summed E-state index contributed by atoms with van der Waals surface area (Å²) in [6.07, 6.45) is 4.75. The van der Waals surface area contributed by atoms with Crippen molar-refractivity contribution in [2.75, 3.05) is 0 Å². The smallest absolute Gasteiger partial charge is 0.308 e. The minimum Gasteiger partial charge on any atom is -0.459 e. The third kappa shape index (κ3) is 11.0. The molecule has 4 heteroatoms. The van der Waals surface area contributed by atoms with Crippen LogP contribution in [0.15, 0.2) is 42.5 Å². The number of carbonyl (C=O) groups is 2. The van der Waals surface area contributed by atoms with Crippen molar-refractivity contribution in [2.45, 2.75) is 40.2 Å². The number of rotatable bonds is 4. The fourth-order valence-corrected chi connectivity index (χ4v) is 1.28. The lowest BCUT2D eigenvalue weighted by Gasteiger charge is -2.04. The summed E-state index contributed by atoms with van der Waals surface area (Å²) < 4.78 is 9.60. The number of allylic oxidation sites excluding steroid dienone is 1. The Kier molecular flexibility index (Phi) is 9.66. The Bertz CT molecular complexity index is 423. The summed E-state index contributed by atoms with van der Waals surface area (Å²) >= 11 is 0. The average molecular weight is 278 g/mol. The first-order valence-corrected chi connectivity index (χ1v) is 6.53. The Morgan fingerprint density at radius 3 is 2.20 bits per heavy atom. The molecule has 110 valence electrons. The predicted octanol–water partition coefficient (Wildman–Crippen LogP) is 3.52. The zero-order valence-electron chi connectivity index (χ0n) is 12.5. The molecule has 0 aromatic heterocycles. The quantitative estimate of drug-likeness (QED) is 0.480. The van der Waals surface area contributed by atoms with Crippen molar-refractivity contribution < 1.29 is 19.1 Å². The molecule has 0 fully saturated rings. The molecule has 20 heavy (non-hydrogen) atoms. The van der Waals surface area contributed by atoms with E-state index in [-0.39, 0.29) is 18.0 Å². The van der Waals surface area contributed by atoms with E-state index in [0.29, 0.717) is 5.75 Å². The van der Waals surface area contributed by atoms with Gasteiger partial charge in [0, 0.05) is 13.8 Å². The molecular weight excluding hydrogens is 256 g/mol. The maximum atomic E-state index is 10.4. The van der Waals surface area contributed by atoms with E-state index in [1.807, 2.05) is 44.2 Å². The second kappa shape index (κ2) is 10.8. The van der Waals surface area contributed by atoms with Crippen LogP contribution in [0.2, 0.25) is 0 Å². The first kappa shape index (κ1) is 17.9. The van der Waals surface area contributed by atoms with E-state index in [2.05, 4.69) is 0 Å². The molecule has 0 spiro atoms. The molecule has 0 saturated heterocycles. The highest BCUT2D eigenvalue weighted by molar-refractivity contribution is 5.69. The molecule has 1 atom stereocenters. The van der Waals surface area contributed by atoms with Gasteiger partial charge in [-0.1, -0.05) is 31.2 Å². The van der Waals surface area contributed by atoms with Crippen LogP contribution in [-0.2, 0) is 14.3 Å². The minimum atomic E-state index is -0.286. The summed E-state index contributed by atoms with van der Waals surface area (Å²) in [6, 6.07) is 8.98. The van der Waals surface area contributed by atoms with E-state index >= 15 is 0 Å². The summed E-state index contributed by atoms with van der Waals surface area (Å²) in [5.41, 5.74) is 0. The Morgan fingerprint density at radius 2 is 1.75 bits per heavy atom. The van der Waals surface area contributed by atoms with E-state index in [9.17, 15) is 9.59 Å². The number of hydrogen-bond acceptors (Lipinski definition) is 4. The van der Waals surface area contributed by atoms with Gasteiger partial charge in [-0.3, -0.25) is 9.59 Å². The molecule has 0 saturated carbocycles. The van der Waals surface area contributed by atoms with Crippen molar-refractivity contribution in [2.24, 2.45) is 0 Å². The number of para-hydroxylation sites is 1. The molecule has 0 N–H and O–H groups in total. The number of esters is 2. The van der Waals surface area contributed by atoms with Crippen molar-refractivity contribution in [3.63, 3.8) is 0 Å². The van der Waals surface area contributed by atoms with Crippen LogP contribution in [0.1, 0.15) is 34.1 Å². The molecule has 1 rings (SSSR count). The van der Waals surface area contributed by atoms with Crippen molar-refractivity contribution in [1.29, 1.82) is 0 Å². The van der Waals surface area contributed by atoms with Crippen LogP contribution in [0.3, 0.4) is 0 Å². The van der Waals surface area contributed by atoms with Crippen molar-refractivity contribution in [3.05, 3.63) is 42.5 Å². The molecule has 0 amide bonds. The van der Waals surface area contributed by atoms with Gasteiger partial charge in [-0.2, -0.15) is 0 Å². The molecule has 0 aliphatic rings. The topological polar surface area (TPSA) is 52.6 Å². The molecule has 0 aliphatic carbocycles. The predicted molar refractivity (Wildman–Crippen MR) is 78.4 cm³/mol. The molecule has 1 unspecified atom stereocenters. The van der Waals surface area contributed by atoms with Gasteiger partial charge in [0.25, 0.3) is 0 Å². The molecule has 0 aliphatic heterocycles. The molecule has 1 aromatic rings. The van der Waals surface area contributed by atoms with Gasteiger partial charge in [0.05, 0.1) is 0 Å². The maximum Gasteiger partial charge on any atom is 0.308 e. The first-order valence-electron chi connectivity index (χ1n) is 6.53. The number of hydrogen-bond donors (Lipinski definition) is 0. The third-order valence-corrected chi connectivity index (χ3v) is 2.00. The van der Waals surface area contributed by atoms with Gasteiger partial charge in [0.2, 0.25) is 0 Å². The molecule has 0 radical (unpaired) electrons. The standard InChI is InChI=1S/C8H8O2.C8H14O2/c1-7(9)10-8-5-3-2-4-6-8;1-4-5-6-7(2)10-8(3)9/h2-6H,1H3;5-7H,4H2,1-3H3. The average Bonchev–Trinajstić information content (AvgIpc) is 2.37. The Hall–Kier alpha value is -2.10. The summed E-state index contributed by atoms with van der Waals surface area (Å²) in [5.74, 6) is 0.0782. The van der Waals surface area contributed by atoms with Gasteiger partial charge in [0.1, 0.15) is 11.9 Å². The van der Waals surface area contributed by atoms with Gasteiger partial charge >= 0.3 is 11.9 Å². The van der Waals surface area contributed by atoms with Crippen molar-refractivity contribution in [1.82, 2.24) is 0 Å². The van der Waals surface area contributed by atoms with Crippen molar-refractivity contribution in [3.8, 4) is 5.75 Å². The lowest BCUT2D eigenvalue weighted by Crippen LogP contribution is -2.08. The molecular formula is C16H22O4. The minimum absolute atomic E-state index is 0.0857. The van der Waals surface area contributed by atoms with Crippen LogP contribution in [0.4, 0.5) is 0 Å². The highest BCUT2D eigenvalue weighted by Gasteiger charge is 1.97. The lowest BCUT2D eigenvalue weighted by atomic mass is 10.3. The van der Waals surface area contributed by atoms with Gasteiger partial charge in [-0.25, -0.2) is 0 Å². The van der Waals surface area contributed by atoms with Crippen LogP contribution in [0, 0.1) is 0 Å². The number of carbonyl (C=O) groups excluding carboxylic acids is 2. The fraction of sp³-hybridized carbons (Fsp3) is 0.375. The summed E-state index contributed by atoms with van der Waals surface area (Å²) in [5, 5.41) is 0. The molecule has 1 aromatic carbocycles. The second-order valence-electron chi connectivity index (χ2n) is 4.06. The second-order valence-corrected chi connectivity index (χ2v) is 4.06. The summed E-state index contributed by atoms with van der Waals surface area (Å²) in [4.78, 5) is 20.8. The molecule has 4 nitrogen and oxygen atoms in total. The van der Waals surface area contributed by atoms with Gasteiger partial charge in [0.15, 0.2) is 0 Å². The normalized spacial score (nSPS) is 11.2. The Labute approximate surface area is 120 Å². The van der Waals surface area contributed by atoms with E-state index in [4.69, 9.17) is 9.47 Å². The van der Waals surface area contributed by atoms with Gasteiger partial charge in [-0.15, -0.1) is 0 Å².